The molecule has 0 N–H and O–H groups in total. The molecule has 0 unspecified atom stereocenters. The van der Waals surface area contributed by atoms with Gasteiger partial charge in [0.15, 0.2) is 0 Å². The van der Waals surface area contributed by atoms with E-state index in [-0.39, 0.29) is 10.8 Å². The van der Waals surface area contributed by atoms with Crippen molar-refractivity contribution in [3.8, 4) is 0 Å². The first-order chi connectivity index (χ1) is 8.81. The van der Waals surface area contributed by atoms with Crippen LogP contribution < -0.4 is 0 Å². The Labute approximate surface area is 117 Å². The fraction of sp³-hybridized carbons (Fsp3) is 0.611. The maximum atomic E-state index is 10.9. The van der Waals surface area contributed by atoms with Gasteiger partial charge in [0.1, 0.15) is 6.29 Å². The van der Waals surface area contributed by atoms with Crippen molar-refractivity contribution < 1.29 is 4.79 Å². The van der Waals surface area contributed by atoms with Crippen molar-refractivity contribution in [1.82, 2.24) is 0 Å². The Kier molecular flexibility index (Phi) is 3.59. The first kappa shape index (κ1) is 14.3. The van der Waals surface area contributed by atoms with Gasteiger partial charge < -0.3 is 4.79 Å². The Balaban J connectivity index is 2.66. The van der Waals surface area contributed by atoms with Gasteiger partial charge in [0.2, 0.25) is 0 Å². The lowest BCUT2D eigenvalue weighted by Crippen LogP contribution is -2.34. The molecule has 0 spiro atoms. The highest BCUT2D eigenvalue weighted by Crippen LogP contribution is 2.46. The third kappa shape index (κ3) is 2.48. The topological polar surface area (TPSA) is 17.1 Å². The van der Waals surface area contributed by atoms with Gasteiger partial charge in [-0.25, -0.2) is 0 Å². The van der Waals surface area contributed by atoms with Gasteiger partial charge in [0.05, 0.1) is 0 Å². The fourth-order valence-electron chi connectivity index (χ4n) is 3.31. The Morgan fingerprint density at radius 2 is 1.47 bits per heavy atom. The zero-order chi connectivity index (χ0) is 14.3. The second kappa shape index (κ2) is 4.77. The van der Waals surface area contributed by atoms with E-state index in [1.807, 2.05) is 0 Å². The van der Waals surface area contributed by atoms with E-state index in [9.17, 15) is 4.79 Å². The summed E-state index contributed by atoms with van der Waals surface area (Å²) in [5, 5.41) is 0. The van der Waals surface area contributed by atoms with Crippen LogP contribution in [0.3, 0.4) is 0 Å². The molecule has 2 rings (SSSR count). The van der Waals surface area contributed by atoms with Gasteiger partial charge in [0.25, 0.3) is 0 Å². The molecule has 1 heteroatoms. The van der Waals surface area contributed by atoms with E-state index >= 15 is 0 Å². The number of hydrogen-bond acceptors (Lipinski definition) is 1. The summed E-state index contributed by atoms with van der Waals surface area (Å²) in [6, 6.07) is 4.68. The molecule has 0 bridgehead atoms. The van der Waals surface area contributed by atoms with Gasteiger partial charge in [0, 0.05) is 6.42 Å². The predicted molar refractivity (Wildman–Crippen MR) is 80.9 cm³/mol. The van der Waals surface area contributed by atoms with Crippen LogP contribution in [-0.4, -0.2) is 6.29 Å². The molecule has 0 aliphatic heterocycles. The standard InChI is InChI=1S/C18H26O/c1-6-13-11-15-16(12-14(13)7-10-19)18(4,5)9-8-17(15,2)3/h10-12H,6-9H2,1-5H3. The van der Waals surface area contributed by atoms with Crippen molar-refractivity contribution in [3.05, 3.63) is 34.4 Å². The summed E-state index contributed by atoms with van der Waals surface area (Å²) in [4.78, 5) is 10.9. The van der Waals surface area contributed by atoms with Crippen LogP contribution in [0.1, 0.15) is 69.7 Å². The summed E-state index contributed by atoms with van der Waals surface area (Å²) in [5.41, 5.74) is 6.01. The molecule has 1 aliphatic carbocycles. The molecule has 0 amide bonds. The van der Waals surface area contributed by atoms with Gasteiger partial charge in [-0.3, -0.25) is 0 Å². The molecular formula is C18H26O. The van der Waals surface area contributed by atoms with E-state index in [1.165, 1.54) is 35.1 Å². The summed E-state index contributed by atoms with van der Waals surface area (Å²) < 4.78 is 0. The Hall–Kier alpha value is -1.11. The molecule has 0 saturated heterocycles. The zero-order valence-electron chi connectivity index (χ0n) is 13.0. The quantitative estimate of drug-likeness (QED) is 0.737. The maximum absolute atomic E-state index is 10.9. The van der Waals surface area contributed by atoms with E-state index in [0.717, 1.165) is 12.7 Å². The molecule has 0 fully saturated rings. The van der Waals surface area contributed by atoms with Crippen molar-refractivity contribution >= 4 is 6.29 Å². The van der Waals surface area contributed by atoms with Crippen LogP contribution in [0, 0.1) is 0 Å². The lowest BCUT2D eigenvalue weighted by Gasteiger charge is -2.42. The fourth-order valence-corrected chi connectivity index (χ4v) is 3.31. The van der Waals surface area contributed by atoms with Crippen LogP contribution in [0.2, 0.25) is 0 Å². The monoisotopic (exact) mass is 258 g/mol. The number of aryl methyl sites for hydroxylation is 1. The van der Waals surface area contributed by atoms with Crippen molar-refractivity contribution in [2.45, 2.75) is 71.1 Å². The SMILES string of the molecule is CCc1cc2c(cc1CC=O)C(C)(C)CCC2(C)C. The molecule has 1 nitrogen and oxygen atoms in total. The summed E-state index contributed by atoms with van der Waals surface area (Å²) >= 11 is 0. The number of carbonyl (C=O) groups excluding carboxylic acids is 1. The van der Waals surface area contributed by atoms with E-state index in [0.29, 0.717) is 6.42 Å². The lowest BCUT2D eigenvalue weighted by atomic mass is 9.62. The normalized spacial score (nSPS) is 19.8. The first-order valence-electron chi connectivity index (χ1n) is 7.42. The third-order valence-electron chi connectivity index (χ3n) is 4.86. The number of fused-ring (bicyclic) bond motifs is 1. The number of rotatable bonds is 3. The highest BCUT2D eigenvalue weighted by atomic mass is 16.1. The number of hydrogen-bond donors (Lipinski definition) is 0. The minimum absolute atomic E-state index is 0.231. The Bertz CT molecular complexity index is 495. The molecule has 0 saturated carbocycles. The molecule has 0 atom stereocenters. The van der Waals surface area contributed by atoms with Gasteiger partial charge in [-0.15, -0.1) is 0 Å². The molecule has 0 heterocycles. The first-order valence-corrected chi connectivity index (χ1v) is 7.42. The van der Waals surface area contributed by atoms with Gasteiger partial charge in [-0.2, -0.15) is 0 Å². The van der Waals surface area contributed by atoms with E-state index < -0.39 is 0 Å². The van der Waals surface area contributed by atoms with Crippen molar-refractivity contribution in [2.24, 2.45) is 0 Å². The summed E-state index contributed by atoms with van der Waals surface area (Å²) in [6.45, 7) is 11.5. The molecule has 1 aliphatic rings. The number of benzene rings is 1. The second-order valence-corrected chi connectivity index (χ2v) is 7.16. The molecule has 1 aromatic carbocycles. The lowest BCUT2D eigenvalue weighted by molar-refractivity contribution is -0.107. The highest BCUT2D eigenvalue weighted by Gasteiger charge is 2.37. The van der Waals surface area contributed by atoms with Crippen molar-refractivity contribution in [3.63, 3.8) is 0 Å². The predicted octanol–water partition coefficient (Wildman–Crippen LogP) is 4.34. The Morgan fingerprint density at radius 3 is 1.89 bits per heavy atom. The van der Waals surface area contributed by atoms with Crippen LogP contribution in [-0.2, 0) is 28.5 Å². The second-order valence-electron chi connectivity index (χ2n) is 7.16. The average Bonchev–Trinajstić information content (AvgIpc) is 2.35. The van der Waals surface area contributed by atoms with E-state index in [4.69, 9.17) is 0 Å². The summed E-state index contributed by atoms with van der Waals surface area (Å²) in [6.07, 6.45) is 5.05. The highest BCUT2D eigenvalue weighted by molar-refractivity contribution is 5.58. The zero-order valence-corrected chi connectivity index (χ0v) is 13.0. The molecule has 19 heavy (non-hydrogen) atoms. The van der Waals surface area contributed by atoms with Crippen molar-refractivity contribution in [1.29, 1.82) is 0 Å². The molecule has 0 radical (unpaired) electrons. The van der Waals surface area contributed by atoms with Crippen molar-refractivity contribution in [2.75, 3.05) is 0 Å². The summed E-state index contributed by atoms with van der Waals surface area (Å²) in [5.74, 6) is 0. The molecule has 1 aromatic rings. The van der Waals surface area contributed by atoms with E-state index in [1.54, 1.807) is 0 Å². The molecule has 104 valence electrons. The number of aldehydes is 1. The summed E-state index contributed by atoms with van der Waals surface area (Å²) in [7, 11) is 0. The van der Waals surface area contributed by atoms with Crippen LogP contribution in [0.25, 0.3) is 0 Å². The van der Waals surface area contributed by atoms with Crippen LogP contribution in [0.15, 0.2) is 12.1 Å². The van der Waals surface area contributed by atoms with Gasteiger partial charge in [-0.1, -0.05) is 46.8 Å². The maximum Gasteiger partial charge on any atom is 0.124 e. The van der Waals surface area contributed by atoms with Crippen LogP contribution in [0.5, 0.6) is 0 Å². The Morgan fingerprint density at radius 1 is 1.00 bits per heavy atom. The number of carbonyl (C=O) groups is 1. The van der Waals surface area contributed by atoms with Crippen LogP contribution >= 0.6 is 0 Å². The van der Waals surface area contributed by atoms with Gasteiger partial charge in [-0.05, 0) is 52.3 Å². The van der Waals surface area contributed by atoms with E-state index in [2.05, 4.69) is 46.8 Å². The smallest absolute Gasteiger partial charge is 0.124 e. The van der Waals surface area contributed by atoms with Gasteiger partial charge >= 0.3 is 0 Å². The minimum atomic E-state index is 0.231. The molecular weight excluding hydrogens is 232 g/mol. The largest absolute Gasteiger partial charge is 0.303 e. The molecule has 0 aromatic heterocycles. The van der Waals surface area contributed by atoms with Crippen LogP contribution in [0.4, 0.5) is 0 Å². The third-order valence-corrected chi connectivity index (χ3v) is 4.86. The average molecular weight is 258 g/mol. The minimum Gasteiger partial charge on any atom is -0.303 e.